The highest BCUT2D eigenvalue weighted by atomic mass is 15.0. The van der Waals surface area contributed by atoms with Gasteiger partial charge in [0, 0.05) is 16.8 Å². The second-order valence-corrected chi connectivity index (χ2v) is 5.02. The molecule has 0 aliphatic carbocycles. The molecule has 0 fully saturated rings. The van der Waals surface area contributed by atoms with Crippen molar-refractivity contribution in [2.24, 2.45) is 0 Å². The standard InChI is InChI=1S/C17H16N4/c1-11-5-3-6-13(9-11)16-19-12(2)20-17(21-16)14-7-4-8-15(18)10-14/h3-10H,18H2,1-2H3. The topological polar surface area (TPSA) is 64.7 Å². The molecular weight excluding hydrogens is 260 g/mol. The molecule has 4 nitrogen and oxygen atoms in total. The summed E-state index contributed by atoms with van der Waals surface area (Å²) in [7, 11) is 0. The summed E-state index contributed by atoms with van der Waals surface area (Å²) in [6, 6.07) is 15.7. The Hall–Kier alpha value is -2.75. The summed E-state index contributed by atoms with van der Waals surface area (Å²) in [5.74, 6) is 2.02. The number of rotatable bonds is 2. The van der Waals surface area contributed by atoms with E-state index in [9.17, 15) is 0 Å². The van der Waals surface area contributed by atoms with Gasteiger partial charge in [-0.2, -0.15) is 0 Å². The third kappa shape index (κ3) is 2.89. The largest absolute Gasteiger partial charge is 0.399 e. The first kappa shape index (κ1) is 13.2. The lowest BCUT2D eigenvalue weighted by Crippen LogP contribution is -2.00. The van der Waals surface area contributed by atoms with Crippen molar-refractivity contribution in [2.45, 2.75) is 13.8 Å². The summed E-state index contributed by atoms with van der Waals surface area (Å²) in [6.07, 6.45) is 0. The van der Waals surface area contributed by atoms with Gasteiger partial charge in [-0.3, -0.25) is 0 Å². The van der Waals surface area contributed by atoms with Crippen LogP contribution < -0.4 is 5.73 Å². The number of hydrogen-bond donors (Lipinski definition) is 1. The molecule has 0 saturated heterocycles. The van der Waals surface area contributed by atoms with E-state index in [4.69, 9.17) is 5.73 Å². The zero-order chi connectivity index (χ0) is 14.8. The molecule has 2 N–H and O–H groups in total. The number of nitrogens with two attached hydrogens (primary N) is 1. The van der Waals surface area contributed by atoms with Gasteiger partial charge in [0.25, 0.3) is 0 Å². The first-order valence-corrected chi connectivity index (χ1v) is 6.77. The van der Waals surface area contributed by atoms with Gasteiger partial charge >= 0.3 is 0 Å². The van der Waals surface area contributed by atoms with E-state index in [1.165, 1.54) is 5.56 Å². The molecule has 0 aliphatic rings. The molecule has 0 saturated carbocycles. The first-order valence-electron chi connectivity index (χ1n) is 6.77. The molecule has 4 heteroatoms. The fraction of sp³-hybridized carbons (Fsp3) is 0.118. The average Bonchev–Trinajstić information content (AvgIpc) is 2.46. The predicted octanol–water partition coefficient (Wildman–Crippen LogP) is 3.40. The van der Waals surface area contributed by atoms with E-state index in [2.05, 4.69) is 34.0 Å². The lowest BCUT2D eigenvalue weighted by Gasteiger charge is -2.06. The molecule has 3 aromatic rings. The second-order valence-electron chi connectivity index (χ2n) is 5.02. The van der Waals surface area contributed by atoms with Crippen LogP contribution in [0.2, 0.25) is 0 Å². The molecule has 0 unspecified atom stereocenters. The zero-order valence-electron chi connectivity index (χ0n) is 12.0. The Morgan fingerprint density at radius 1 is 0.762 bits per heavy atom. The van der Waals surface area contributed by atoms with Gasteiger partial charge in [0.15, 0.2) is 11.6 Å². The zero-order valence-corrected chi connectivity index (χ0v) is 12.0. The third-order valence-corrected chi connectivity index (χ3v) is 3.17. The summed E-state index contributed by atoms with van der Waals surface area (Å²) in [5, 5.41) is 0. The molecule has 2 aromatic carbocycles. The van der Waals surface area contributed by atoms with E-state index in [1.807, 2.05) is 43.3 Å². The molecular formula is C17H16N4. The number of anilines is 1. The van der Waals surface area contributed by atoms with Crippen molar-refractivity contribution in [2.75, 3.05) is 5.73 Å². The van der Waals surface area contributed by atoms with Gasteiger partial charge in [-0.25, -0.2) is 15.0 Å². The van der Waals surface area contributed by atoms with Gasteiger partial charge in [0.1, 0.15) is 5.82 Å². The van der Waals surface area contributed by atoms with E-state index < -0.39 is 0 Å². The molecule has 3 rings (SSSR count). The van der Waals surface area contributed by atoms with Crippen LogP contribution in [-0.2, 0) is 0 Å². The van der Waals surface area contributed by atoms with Crippen molar-refractivity contribution in [3.8, 4) is 22.8 Å². The maximum absolute atomic E-state index is 5.83. The monoisotopic (exact) mass is 276 g/mol. The first-order chi connectivity index (χ1) is 10.1. The average molecular weight is 276 g/mol. The van der Waals surface area contributed by atoms with Gasteiger partial charge in [-0.05, 0) is 32.0 Å². The van der Waals surface area contributed by atoms with Crippen molar-refractivity contribution < 1.29 is 0 Å². The van der Waals surface area contributed by atoms with Crippen LogP contribution in [0.25, 0.3) is 22.8 Å². The van der Waals surface area contributed by atoms with Crippen LogP contribution in [-0.4, -0.2) is 15.0 Å². The van der Waals surface area contributed by atoms with Gasteiger partial charge in [-0.15, -0.1) is 0 Å². The molecule has 0 atom stereocenters. The summed E-state index contributed by atoms with van der Waals surface area (Å²) in [4.78, 5) is 13.4. The maximum Gasteiger partial charge on any atom is 0.163 e. The summed E-state index contributed by atoms with van der Waals surface area (Å²) in [6.45, 7) is 3.92. The molecule has 0 bridgehead atoms. The number of nitrogens with zero attached hydrogens (tertiary/aromatic N) is 3. The fourth-order valence-corrected chi connectivity index (χ4v) is 2.20. The molecule has 0 aliphatic heterocycles. The van der Waals surface area contributed by atoms with E-state index in [0.717, 1.165) is 11.1 Å². The lowest BCUT2D eigenvalue weighted by molar-refractivity contribution is 0.991. The van der Waals surface area contributed by atoms with Gasteiger partial charge < -0.3 is 5.73 Å². The van der Waals surface area contributed by atoms with Crippen LogP contribution in [0, 0.1) is 13.8 Å². The SMILES string of the molecule is Cc1cccc(-c2nc(C)nc(-c3cccc(N)c3)n2)c1. The van der Waals surface area contributed by atoms with E-state index >= 15 is 0 Å². The third-order valence-electron chi connectivity index (χ3n) is 3.17. The maximum atomic E-state index is 5.83. The van der Waals surface area contributed by atoms with Crippen molar-refractivity contribution in [3.05, 3.63) is 59.9 Å². The Kier molecular flexibility index (Phi) is 3.36. The molecule has 1 heterocycles. The molecule has 0 spiro atoms. The highest BCUT2D eigenvalue weighted by Crippen LogP contribution is 2.22. The van der Waals surface area contributed by atoms with Crippen LogP contribution in [0.1, 0.15) is 11.4 Å². The quantitative estimate of drug-likeness (QED) is 0.728. The number of nitrogen functional groups attached to an aromatic ring is 1. The number of benzene rings is 2. The molecule has 0 radical (unpaired) electrons. The Bertz CT molecular complexity index is 733. The minimum atomic E-state index is 0.645. The molecule has 104 valence electrons. The minimum Gasteiger partial charge on any atom is -0.399 e. The highest BCUT2D eigenvalue weighted by Gasteiger charge is 2.08. The fourth-order valence-electron chi connectivity index (χ4n) is 2.20. The summed E-state index contributed by atoms with van der Waals surface area (Å²) in [5.41, 5.74) is 9.59. The van der Waals surface area contributed by atoms with Crippen molar-refractivity contribution >= 4 is 5.69 Å². The highest BCUT2D eigenvalue weighted by molar-refractivity contribution is 5.64. The molecule has 0 amide bonds. The summed E-state index contributed by atoms with van der Waals surface area (Å²) < 4.78 is 0. The normalized spacial score (nSPS) is 10.6. The second kappa shape index (κ2) is 5.32. The Labute approximate surface area is 123 Å². The van der Waals surface area contributed by atoms with Crippen molar-refractivity contribution in [1.29, 1.82) is 0 Å². The van der Waals surface area contributed by atoms with Gasteiger partial charge in [-0.1, -0.05) is 35.9 Å². The Morgan fingerprint density at radius 2 is 1.38 bits per heavy atom. The van der Waals surface area contributed by atoms with Crippen LogP contribution in [0.4, 0.5) is 5.69 Å². The van der Waals surface area contributed by atoms with Crippen molar-refractivity contribution in [1.82, 2.24) is 15.0 Å². The van der Waals surface area contributed by atoms with Gasteiger partial charge in [0.05, 0.1) is 0 Å². The summed E-state index contributed by atoms with van der Waals surface area (Å²) >= 11 is 0. The molecule has 1 aromatic heterocycles. The number of aromatic nitrogens is 3. The lowest BCUT2D eigenvalue weighted by atomic mass is 10.1. The molecule has 21 heavy (non-hydrogen) atoms. The van der Waals surface area contributed by atoms with E-state index in [0.29, 0.717) is 23.2 Å². The smallest absolute Gasteiger partial charge is 0.163 e. The van der Waals surface area contributed by atoms with Crippen LogP contribution in [0.3, 0.4) is 0 Å². The van der Waals surface area contributed by atoms with Crippen LogP contribution >= 0.6 is 0 Å². The van der Waals surface area contributed by atoms with E-state index in [-0.39, 0.29) is 0 Å². The van der Waals surface area contributed by atoms with Crippen LogP contribution in [0.15, 0.2) is 48.5 Å². The number of aryl methyl sites for hydroxylation is 2. The van der Waals surface area contributed by atoms with E-state index in [1.54, 1.807) is 0 Å². The predicted molar refractivity (Wildman–Crippen MR) is 84.6 cm³/mol. The Balaban J connectivity index is 2.12. The van der Waals surface area contributed by atoms with Gasteiger partial charge in [0.2, 0.25) is 0 Å². The Morgan fingerprint density at radius 3 is 2.00 bits per heavy atom. The van der Waals surface area contributed by atoms with Crippen molar-refractivity contribution in [3.63, 3.8) is 0 Å². The van der Waals surface area contributed by atoms with Crippen LogP contribution in [0.5, 0.6) is 0 Å². The minimum absolute atomic E-state index is 0.645. The number of hydrogen-bond acceptors (Lipinski definition) is 4.